The molecule has 1 fully saturated rings. The zero-order chi connectivity index (χ0) is 49.7. The third-order valence-electron chi connectivity index (χ3n) is 13.9. The highest BCUT2D eigenvalue weighted by Crippen LogP contribution is 2.51. The number of anilines is 2. The maximum absolute atomic E-state index is 15.0. The number of aryl methyl sites for hydroxylation is 1. The topological polar surface area (TPSA) is 210 Å². The van der Waals surface area contributed by atoms with E-state index in [0.717, 1.165) is 30.9 Å². The number of aliphatic hydroxyl groups excluding tert-OH is 2. The number of esters is 1. The van der Waals surface area contributed by atoms with E-state index in [-0.39, 0.29) is 50.4 Å². The zero-order valence-corrected chi connectivity index (χ0v) is 41.1. The van der Waals surface area contributed by atoms with Gasteiger partial charge in [0.2, 0.25) is 5.43 Å². The Morgan fingerprint density at radius 1 is 0.971 bits per heavy atom. The molecule has 0 aromatic heterocycles. The second kappa shape index (κ2) is 19.7. The van der Waals surface area contributed by atoms with Gasteiger partial charge in [-0.05, 0) is 50.5 Å². The number of carbonyl (C=O) groups is 3. The van der Waals surface area contributed by atoms with Gasteiger partial charge in [0.1, 0.15) is 34.5 Å². The van der Waals surface area contributed by atoms with Crippen molar-refractivity contribution >= 4 is 50.9 Å². The Morgan fingerprint density at radius 2 is 1.66 bits per heavy atom. The van der Waals surface area contributed by atoms with E-state index in [1.807, 2.05) is 13.0 Å². The maximum atomic E-state index is 15.0. The Kier molecular flexibility index (Phi) is 14.5. The summed E-state index contributed by atoms with van der Waals surface area (Å²) in [7, 11) is 1.46. The predicted octanol–water partition coefficient (Wildman–Crippen LogP) is 7.04. The monoisotopic (exact) mass is 938 g/mol. The molecule has 0 spiro atoms. The lowest BCUT2D eigenvalue weighted by atomic mass is 9.78. The molecular weight excluding hydrogens is 873 g/mol. The van der Waals surface area contributed by atoms with Crippen molar-refractivity contribution in [3.63, 3.8) is 0 Å². The van der Waals surface area contributed by atoms with Crippen LogP contribution in [-0.2, 0) is 23.8 Å². The molecule has 4 N–H and O–H groups in total. The van der Waals surface area contributed by atoms with Gasteiger partial charge in [-0.1, -0.05) is 59.8 Å². The number of aromatic nitrogens is 1. The van der Waals surface area contributed by atoms with Gasteiger partial charge < -0.3 is 48.9 Å². The fraction of sp³-hybridized carbons (Fsp3) is 0.519. The van der Waals surface area contributed by atoms with Crippen molar-refractivity contribution in [1.29, 1.82) is 0 Å². The van der Waals surface area contributed by atoms with Gasteiger partial charge in [-0.2, -0.15) is 0 Å². The van der Waals surface area contributed by atoms with Crippen LogP contribution in [0, 0.1) is 43.4 Å². The van der Waals surface area contributed by atoms with E-state index in [2.05, 4.69) is 29.0 Å². The van der Waals surface area contributed by atoms with Gasteiger partial charge in [0.25, 0.3) is 11.7 Å². The number of phenols is 1. The number of amides is 1. The predicted molar refractivity (Wildman–Crippen MR) is 259 cm³/mol. The summed E-state index contributed by atoms with van der Waals surface area (Å²) in [5.41, 5.74) is 1.56. The molecule has 68 heavy (non-hydrogen) atoms. The van der Waals surface area contributed by atoms with E-state index in [9.17, 15) is 34.5 Å². The number of ketones is 1. The van der Waals surface area contributed by atoms with E-state index in [1.54, 1.807) is 52.8 Å². The molecular formula is C52H66N4O12. The largest absolute Gasteiger partial charge is 0.507 e. The average Bonchev–Trinajstić information content (AvgIpc) is 3.56. The number of hydrogen-bond acceptors (Lipinski definition) is 15. The third kappa shape index (κ3) is 9.35. The van der Waals surface area contributed by atoms with Crippen LogP contribution < -0.4 is 20.4 Å². The minimum atomic E-state index is -2.04. The Labute approximate surface area is 396 Å². The highest BCUT2D eigenvalue weighted by molar-refractivity contribution is 6.22. The SMILES string of the molecule is CO[C@H]1/C=C/O[C@@]2(C)Oc3c(C)c(O)c4c(=O)c(c5oc6cc(C)cc(N7CCN(CC(C)C)CC7)c6nc-5c4c3C2=O)NC(=O)/C(C)=C\C=C\[C@H](C)[C@H](O)[C@@H](C)[C@@H](O)[C@@H](C)[C@H](OC(C)=O)[C@@H]1C. The second-order valence-electron chi connectivity index (χ2n) is 19.5. The molecule has 16 heteroatoms. The van der Waals surface area contributed by atoms with Crippen molar-refractivity contribution < 1.29 is 53.1 Å². The number of nitrogens with one attached hydrogen (secondary N) is 1. The number of hydrogen-bond donors (Lipinski definition) is 4. The van der Waals surface area contributed by atoms with Crippen molar-refractivity contribution in [2.75, 3.05) is 50.1 Å². The molecule has 366 valence electrons. The minimum absolute atomic E-state index is 0.0308. The number of Topliss-reactive ketones (excluding diaryl/α,β-unsaturated/α-hetero) is 1. The van der Waals surface area contributed by atoms with Crippen LogP contribution in [0.1, 0.15) is 83.8 Å². The number of rotatable bonds is 5. The van der Waals surface area contributed by atoms with Crippen LogP contribution in [0.4, 0.5) is 11.4 Å². The van der Waals surface area contributed by atoms with Gasteiger partial charge in [-0.25, -0.2) is 4.98 Å². The fourth-order valence-electron chi connectivity index (χ4n) is 9.95. The van der Waals surface area contributed by atoms with E-state index >= 15 is 0 Å². The summed E-state index contributed by atoms with van der Waals surface area (Å²) in [4.78, 5) is 66.3. The number of aromatic hydroxyl groups is 1. The van der Waals surface area contributed by atoms with Gasteiger partial charge in [0.15, 0.2) is 11.3 Å². The number of aliphatic hydroxyl groups is 2. The van der Waals surface area contributed by atoms with E-state index in [4.69, 9.17) is 28.3 Å². The molecule has 9 atom stereocenters. The first-order chi connectivity index (χ1) is 32.1. The molecule has 7 rings (SSSR count). The van der Waals surface area contributed by atoms with Gasteiger partial charge in [0.05, 0.1) is 41.2 Å². The lowest BCUT2D eigenvalue weighted by Gasteiger charge is -2.38. The first-order valence-electron chi connectivity index (χ1n) is 23.5. The molecule has 1 saturated heterocycles. The van der Waals surface area contributed by atoms with Crippen LogP contribution in [0.5, 0.6) is 11.5 Å². The van der Waals surface area contributed by atoms with Gasteiger partial charge in [-0.15, -0.1) is 0 Å². The Morgan fingerprint density at radius 3 is 2.31 bits per heavy atom. The van der Waals surface area contributed by atoms with Crippen LogP contribution >= 0.6 is 0 Å². The van der Waals surface area contributed by atoms with Crippen molar-refractivity contribution in [3.05, 3.63) is 75.2 Å². The summed E-state index contributed by atoms with van der Waals surface area (Å²) in [6.07, 6.45) is 3.71. The number of allylic oxidation sites excluding steroid dienone is 2. The molecule has 4 bridgehead atoms. The zero-order valence-electron chi connectivity index (χ0n) is 41.1. The Hall–Kier alpha value is -5.81. The number of carbonyl (C=O) groups excluding carboxylic acids is 3. The number of nitrogens with zero attached hydrogens (tertiary/aromatic N) is 3. The molecule has 0 unspecified atom stereocenters. The average molecular weight is 939 g/mol. The lowest BCUT2D eigenvalue weighted by Crippen LogP contribution is -2.47. The first-order valence-corrected chi connectivity index (χ1v) is 23.5. The summed E-state index contributed by atoms with van der Waals surface area (Å²) in [5, 5.41) is 37.5. The molecule has 5 aliphatic rings. The number of fused-ring (bicyclic) bond motifs is 2. The maximum Gasteiger partial charge on any atom is 0.312 e. The summed E-state index contributed by atoms with van der Waals surface area (Å²) in [6, 6.07) is 3.83. The van der Waals surface area contributed by atoms with E-state index in [0.29, 0.717) is 30.1 Å². The number of ether oxygens (including phenoxy) is 4. The molecule has 4 aliphatic heterocycles. The number of piperazine rings is 1. The molecule has 2 aromatic rings. The van der Waals surface area contributed by atoms with E-state index < -0.39 is 82.7 Å². The van der Waals surface area contributed by atoms with Gasteiger partial charge in [-0.3, -0.25) is 24.1 Å². The normalized spacial score (nSPS) is 29.5. The minimum Gasteiger partial charge on any atom is -0.507 e. The van der Waals surface area contributed by atoms with Crippen molar-refractivity contribution in [2.45, 2.75) is 106 Å². The highest BCUT2D eigenvalue weighted by atomic mass is 16.7. The molecule has 2 aromatic carbocycles. The Bertz CT molecular complexity index is 2730. The Balaban J connectivity index is 1.45. The highest BCUT2D eigenvalue weighted by Gasteiger charge is 2.50. The summed E-state index contributed by atoms with van der Waals surface area (Å²) < 4.78 is 30.8. The van der Waals surface area contributed by atoms with Crippen LogP contribution in [0.25, 0.3) is 33.3 Å². The van der Waals surface area contributed by atoms with Crippen LogP contribution in [0.15, 0.2) is 57.5 Å². The smallest absolute Gasteiger partial charge is 0.312 e. The lowest BCUT2D eigenvalue weighted by molar-refractivity contribution is -0.160. The molecule has 1 aliphatic carbocycles. The fourth-order valence-corrected chi connectivity index (χ4v) is 9.95. The quantitative estimate of drug-likeness (QED) is 0.0899. The van der Waals surface area contributed by atoms with Gasteiger partial charge >= 0.3 is 11.8 Å². The van der Waals surface area contributed by atoms with Crippen molar-refractivity contribution in [2.24, 2.45) is 29.6 Å². The molecule has 4 heterocycles. The molecule has 0 saturated carbocycles. The van der Waals surface area contributed by atoms with Crippen LogP contribution in [0.2, 0.25) is 0 Å². The van der Waals surface area contributed by atoms with Crippen LogP contribution in [0.3, 0.4) is 0 Å². The summed E-state index contributed by atoms with van der Waals surface area (Å²) in [5.74, 6) is -6.58. The van der Waals surface area contributed by atoms with Gasteiger partial charge in [0, 0.05) is 93.9 Å². The third-order valence-corrected chi connectivity index (χ3v) is 13.9. The molecule has 16 nitrogen and oxygen atoms in total. The number of benzene rings is 3. The molecule has 0 radical (unpaired) electrons. The van der Waals surface area contributed by atoms with Crippen molar-refractivity contribution in [3.8, 4) is 23.0 Å². The van der Waals surface area contributed by atoms with E-state index in [1.165, 1.54) is 46.3 Å². The van der Waals surface area contributed by atoms with Crippen LogP contribution in [-0.4, -0.2) is 113 Å². The number of phenolic OH excluding ortho intramolecular Hbond substituents is 1. The standard InChI is InChI=1S/C52H66N4O12/c1-25(2)24-55-17-19-56(20-18-55)34-22-26(3)23-36-40(34)53-41-37-38-45(60)32(9)48-39(37)50(62)52(11,68-48)65-21-16-35(64-12)29(6)47(66-33(10)57)31(8)44(59)30(7)43(58)27(4)14-13-15-28(5)51(63)54-42(46(38)61)49(41)67-36/h13-16,21-23,25,27,29-31,35,43-44,47,58-60H,17-20,24H2,1-12H3,(H,54,63)/b14-13+,21-16+,28-15-/t27-,29+,30+,31+,35-,43-,44+,47+,52-/m0/s1. The molecule has 1 amide bonds. The first kappa shape index (κ1) is 50.1. The summed E-state index contributed by atoms with van der Waals surface area (Å²) >= 11 is 0. The number of methoxy groups -OCH3 is 1. The van der Waals surface area contributed by atoms with Crippen molar-refractivity contribution in [1.82, 2.24) is 9.88 Å². The second-order valence-corrected chi connectivity index (χ2v) is 19.5. The summed E-state index contributed by atoms with van der Waals surface area (Å²) in [6.45, 7) is 23.1.